The maximum atomic E-state index is 11.8. The van der Waals surface area contributed by atoms with Crippen LogP contribution in [0.4, 0.5) is 0 Å². The third kappa shape index (κ3) is 4.45. The summed E-state index contributed by atoms with van der Waals surface area (Å²) in [4.78, 5) is 10.7. The minimum absolute atomic E-state index is 0.157. The lowest BCUT2D eigenvalue weighted by molar-refractivity contribution is -0.118. The summed E-state index contributed by atoms with van der Waals surface area (Å²) in [6.45, 7) is -0.309. The van der Waals surface area contributed by atoms with Crippen LogP contribution in [0.1, 0.15) is 5.56 Å². The lowest BCUT2D eigenvalue weighted by Crippen LogP contribution is -2.36. The molecular weight excluding hydrogens is 308 g/mol. The number of nitrogens with two attached hydrogens (primary N) is 1. The smallest absolute Gasteiger partial charge is 0.232 e. The SMILES string of the molecule is CN(CC(N)=O)S(=O)(=O)Cc1cccc(Br)c1. The summed E-state index contributed by atoms with van der Waals surface area (Å²) in [5, 5.41) is 0. The molecule has 0 atom stereocenters. The molecule has 5 nitrogen and oxygen atoms in total. The molecule has 17 heavy (non-hydrogen) atoms. The molecule has 0 heterocycles. The summed E-state index contributed by atoms with van der Waals surface area (Å²) in [5.41, 5.74) is 5.60. The van der Waals surface area contributed by atoms with E-state index in [1.807, 2.05) is 6.07 Å². The maximum Gasteiger partial charge on any atom is 0.232 e. The number of amides is 1. The Balaban J connectivity index is 2.83. The van der Waals surface area contributed by atoms with Crippen molar-refractivity contribution < 1.29 is 13.2 Å². The zero-order valence-corrected chi connectivity index (χ0v) is 11.7. The van der Waals surface area contributed by atoms with E-state index in [1.165, 1.54) is 7.05 Å². The molecule has 0 aliphatic rings. The van der Waals surface area contributed by atoms with Crippen molar-refractivity contribution in [3.8, 4) is 0 Å². The largest absolute Gasteiger partial charge is 0.369 e. The second-order valence-corrected chi connectivity index (χ2v) is 6.60. The number of primary amides is 1. The Bertz CT molecular complexity index is 516. The number of carbonyl (C=O) groups excluding carboxylic acids is 1. The Kier molecular flexibility index (Phi) is 4.67. The van der Waals surface area contributed by atoms with E-state index >= 15 is 0 Å². The molecule has 7 heteroatoms. The summed E-state index contributed by atoms with van der Waals surface area (Å²) in [6.07, 6.45) is 0. The van der Waals surface area contributed by atoms with Gasteiger partial charge in [-0.25, -0.2) is 8.42 Å². The first-order valence-corrected chi connectivity index (χ1v) is 7.18. The summed E-state index contributed by atoms with van der Waals surface area (Å²) < 4.78 is 25.5. The molecule has 1 amide bonds. The zero-order chi connectivity index (χ0) is 13.1. The van der Waals surface area contributed by atoms with E-state index in [-0.39, 0.29) is 12.3 Å². The molecule has 0 saturated heterocycles. The monoisotopic (exact) mass is 320 g/mol. The number of hydrogen-bond donors (Lipinski definition) is 1. The Morgan fingerprint density at radius 3 is 2.65 bits per heavy atom. The zero-order valence-electron chi connectivity index (χ0n) is 9.26. The molecule has 1 rings (SSSR count). The van der Waals surface area contributed by atoms with E-state index < -0.39 is 15.9 Å². The van der Waals surface area contributed by atoms with Gasteiger partial charge in [0, 0.05) is 11.5 Å². The van der Waals surface area contributed by atoms with Crippen LogP contribution in [0.15, 0.2) is 28.7 Å². The predicted octanol–water partition coefficient (Wildman–Crippen LogP) is 0.696. The summed E-state index contributed by atoms with van der Waals surface area (Å²) >= 11 is 3.26. The van der Waals surface area contributed by atoms with Gasteiger partial charge in [0.2, 0.25) is 15.9 Å². The average molecular weight is 321 g/mol. The Morgan fingerprint density at radius 1 is 1.47 bits per heavy atom. The maximum absolute atomic E-state index is 11.8. The third-order valence-corrected chi connectivity index (χ3v) is 4.36. The van der Waals surface area contributed by atoms with Crippen molar-refractivity contribution in [2.75, 3.05) is 13.6 Å². The molecule has 1 aromatic carbocycles. The Hall–Kier alpha value is -0.920. The number of likely N-dealkylation sites (N-methyl/N-ethyl adjacent to an activating group) is 1. The molecule has 0 unspecified atom stereocenters. The van der Waals surface area contributed by atoms with Crippen LogP contribution >= 0.6 is 15.9 Å². The summed E-state index contributed by atoms with van der Waals surface area (Å²) in [6, 6.07) is 6.99. The first-order chi connectivity index (χ1) is 7.81. The number of benzene rings is 1. The van der Waals surface area contributed by atoms with Crippen LogP contribution in [0.2, 0.25) is 0 Å². The van der Waals surface area contributed by atoms with E-state index in [9.17, 15) is 13.2 Å². The fourth-order valence-electron chi connectivity index (χ4n) is 1.27. The fourth-order valence-corrected chi connectivity index (χ4v) is 2.86. The van der Waals surface area contributed by atoms with Gasteiger partial charge in [0.25, 0.3) is 0 Å². The van der Waals surface area contributed by atoms with Gasteiger partial charge in [-0.1, -0.05) is 28.1 Å². The lowest BCUT2D eigenvalue weighted by Gasteiger charge is -2.15. The molecule has 0 fully saturated rings. The number of rotatable bonds is 5. The van der Waals surface area contributed by atoms with Crippen LogP contribution in [0.5, 0.6) is 0 Å². The molecule has 0 bridgehead atoms. The van der Waals surface area contributed by atoms with Crippen molar-refractivity contribution in [2.45, 2.75) is 5.75 Å². The van der Waals surface area contributed by atoms with Gasteiger partial charge in [-0.2, -0.15) is 4.31 Å². The van der Waals surface area contributed by atoms with E-state index in [2.05, 4.69) is 15.9 Å². The van der Waals surface area contributed by atoms with E-state index in [0.717, 1.165) is 8.78 Å². The molecule has 0 aromatic heterocycles. The minimum Gasteiger partial charge on any atom is -0.369 e. The van der Waals surface area contributed by atoms with Gasteiger partial charge in [-0.3, -0.25) is 4.79 Å². The molecule has 0 aliphatic carbocycles. The minimum atomic E-state index is -3.51. The van der Waals surface area contributed by atoms with E-state index in [1.54, 1.807) is 18.2 Å². The normalized spacial score (nSPS) is 11.7. The highest BCUT2D eigenvalue weighted by Crippen LogP contribution is 2.15. The lowest BCUT2D eigenvalue weighted by atomic mass is 10.2. The van der Waals surface area contributed by atoms with Crippen LogP contribution in [0.3, 0.4) is 0 Å². The number of carbonyl (C=O) groups is 1. The third-order valence-electron chi connectivity index (χ3n) is 2.09. The van der Waals surface area contributed by atoms with Crippen LogP contribution in [0, 0.1) is 0 Å². The van der Waals surface area contributed by atoms with Gasteiger partial charge in [-0.05, 0) is 17.7 Å². The Morgan fingerprint density at radius 2 is 2.12 bits per heavy atom. The van der Waals surface area contributed by atoms with Gasteiger partial charge in [0.05, 0.1) is 12.3 Å². The number of halogens is 1. The topological polar surface area (TPSA) is 80.5 Å². The average Bonchev–Trinajstić information content (AvgIpc) is 2.15. The van der Waals surface area contributed by atoms with E-state index in [0.29, 0.717) is 5.56 Å². The van der Waals surface area contributed by atoms with Gasteiger partial charge >= 0.3 is 0 Å². The molecule has 0 aliphatic heterocycles. The van der Waals surface area contributed by atoms with Crippen LogP contribution in [-0.4, -0.2) is 32.2 Å². The molecular formula is C10H13BrN2O3S. The summed E-state index contributed by atoms with van der Waals surface area (Å²) in [7, 11) is -2.18. The van der Waals surface area contributed by atoms with Gasteiger partial charge in [0.15, 0.2) is 0 Å². The second kappa shape index (κ2) is 5.61. The van der Waals surface area contributed by atoms with Crippen molar-refractivity contribution in [1.82, 2.24) is 4.31 Å². The van der Waals surface area contributed by atoms with Gasteiger partial charge in [0.1, 0.15) is 0 Å². The first kappa shape index (κ1) is 14.1. The molecule has 0 saturated carbocycles. The number of nitrogens with zero attached hydrogens (tertiary/aromatic N) is 1. The Labute approximate surface area is 109 Å². The van der Waals surface area contributed by atoms with Crippen LogP contribution in [0.25, 0.3) is 0 Å². The number of sulfonamides is 1. The molecule has 0 radical (unpaired) electrons. The van der Waals surface area contributed by atoms with Crippen LogP contribution < -0.4 is 5.73 Å². The van der Waals surface area contributed by atoms with Crippen molar-refractivity contribution in [3.05, 3.63) is 34.3 Å². The molecule has 94 valence electrons. The quantitative estimate of drug-likeness (QED) is 0.867. The predicted molar refractivity (Wildman–Crippen MR) is 68.6 cm³/mol. The van der Waals surface area contributed by atoms with Crippen LogP contribution in [-0.2, 0) is 20.6 Å². The van der Waals surface area contributed by atoms with E-state index in [4.69, 9.17) is 5.73 Å². The highest BCUT2D eigenvalue weighted by atomic mass is 79.9. The van der Waals surface area contributed by atoms with Gasteiger partial charge < -0.3 is 5.73 Å². The van der Waals surface area contributed by atoms with Crippen molar-refractivity contribution in [2.24, 2.45) is 5.73 Å². The number of hydrogen-bond acceptors (Lipinski definition) is 3. The second-order valence-electron chi connectivity index (χ2n) is 3.61. The molecule has 1 aromatic rings. The fraction of sp³-hybridized carbons (Fsp3) is 0.300. The van der Waals surface area contributed by atoms with Gasteiger partial charge in [-0.15, -0.1) is 0 Å². The highest BCUT2D eigenvalue weighted by molar-refractivity contribution is 9.10. The summed E-state index contributed by atoms with van der Waals surface area (Å²) in [5.74, 6) is -0.832. The molecule has 2 N–H and O–H groups in total. The highest BCUT2D eigenvalue weighted by Gasteiger charge is 2.19. The standard InChI is InChI=1S/C10H13BrN2O3S/c1-13(6-10(12)14)17(15,16)7-8-3-2-4-9(11)5-8/h2-5H,6-7H2,1H3,(H2,12,14). The first-order valence-electron chi connectivity index (χ1n) is 4.78. The molecule has 0 spiro atoms. The van der Waals surface area contributed by atoms with Crippen molar-refractivity contribution >= 4 is 31.9 Å². The van der Waals surface area contributed by atoms with Crippen molar-refractivity contribution in [1.29, 1.82) is 0 Å². The van der Waals surface area contributed by atoms with Crippen molar-refractivity contribution in [3.63, 3.8) is 0 Å².